The molecule has 7 heteroatoms. The summed E-state index contributed by atoms with van der Waals surface area (Å²) in [7, 11) is 1.69. The van der Waals surface area contributed by atoms with Crippen molar-refractivity contribution in [3.8, 4) is 0 Å². The quantitative estimate of drug-likeness (QED) is 0.791. The molecule has 0 unspecified atom stereocenters. The van der Waals surface area contributed by atoms with Crippen molar-refractivity contribution in [3.05, 3.63) is 29.5 Å². The van der Waals surface area contributed by atoms with Gasteiger partial charge in [0.1, 0.15) is 0 Å². The number of hydrogen-bond acceptors (Lipinski definition) is 5. The predicted molar refractivity (Wildman–Crippen MR) is 76.3 cm³/mol. The molecular weight excluding hydrogens is 259 g/mol. The third kappa shape index (κ3) is 3.43. The van der Waals surface area contributed by atoms with E-state index in [9.17, 15) is 4.39 Å². The van der Waals surface area contributed by atoms with E-state index in [1.54, 1.807) is 7.05 Å². The Hall–Kier alpha value is -2.18. The van der Waals surface area contributed by atoms with Crippen molar-refractivity contribution in [2.45, 2.75) is 26.8 Å². The monoisotopic (exact) mass is 278 g/mol. The zero-order valence-electron chi connectivity index (χ0n) is 11.9. The maximum atomic E-state index is 13.5. The van der Waals surface area contributed by atoms with Crippen molar-refractivity contribution in [2.75, 3.05) is 24.2 Å². The predicted octanol–water partition coefficient (Wildman–Crippen LogP) is 1.97. The molecule has 0 aliphatic heterocycles. The molecule has 0 spiro atoms. The maximum absolute atomic E-state index is 13.5. The summed E-state index contributed by atoms with van der Waals surface area (Å²) in [6.07, 6.45) is 1.99. The molecule has 108 valence electrons. The van der Waals surface area contributed by atoms with Crippen LogP contribution in [0.5, 0.6) is 0 Å². The lowest BCUT2D eigenvalue weighted by Gasteiger charge is -2.08. The Kier molecular flexibility index (Phi) is 4.49. The first kappa shape index (κ1) is 14.2. The maximum Gasteiger partial charge on any atom is 0.224 e. The lowest BCUT2D eigenvalue weighted by atomic mass is 10.4. The number of rotatable bonds is 6. The van der Waals surface area contributed by atoms with Gasteiger partial charge in [0.25, 0.3) is 0 Å². The lowest BCUT2D eigenvalue weighted by Crippen LogP contribution is -2.11. The van der Waals surface area contributed by atoms with Gasteiger partial charge in [-0.1, -0.05) is 0 Å². The second-order valence-corrected chi connectivity index (χ2v) is 4.57. The van der Waals surface area contributed by atoms with Crippen molar-refractivity contribution in [1.29, 1.82) is 0 Å². The zero-order chi connectivity index (χ0) is 14.5. The molecule has 2 aromatic heterocycles. The zero-order valence-corrected chi connectivity index (χ0v) is 11.9. The first-order valence-corrected chi connectivity index (χ1v) is 6.55. The van der Waals surface area contributed by atoms with Crippen LogP contribution < -0.4 is 10.6 Å². The number of nitrogens with one attached hydrogen (secondary N) is 2. The Morgan fingerprint density at radius 1 is 1.35 bits per heavy atom. The summed E-state index contributed by atoms with van der Waals surface area (Å²) in [4.78, 5) is 7.82. The van der Waals surface area contributed by atoms with Crippen molar-refractivity contribution in [1.82, 2.24) is 19.7 Å². The fraction of sp³-hybridized carbons (Fsp3) is 0.462. The summed E-state index contributed by atoms with van der Waals surface area (Å²) in [6.45, 7) is 5.40. The van der Waals surface area contributed by atoms with Crippen molar-refractivity contribution < 1.29 is 4.39 Å². The molecule has 2 N–H and O–H groups in total. The Bertz CT molecular complexity index is 580. The summed E-state index contributed by atoms with van der Waals surface area (Å²) >= 11 is 0. The molecular formula is C13H19FN6. The van der Waals surface area contributed by atoms with E-state index in [2.05, 4.69) is 25.7 Å². The summed E-state index contributed by atoms with van der Waals surface area (Å²) in [5.41, 5.74) is 2.14. The van der Waals surface area contributed by atoms with Crippen LogP contribution in [-0.4, -0.2) is 33.3 Å². The van der Waals surface area contributed by atoms with E-state index in [0.29, 0.717) is 12.5 Å². The molecule has 20 heavy (non-hydrogen) atoms. The molecule has 0 fully saturated rings. The third-order valence-corrected chi connectivity index (χ3v) is 2.91. The average Bonchev–Trinajstić information content (AvgIpc) is 2.75. The van der Waals surface area contributed by atoms with Crippen LogP contribution in [0, 0.1) is 19.7 Å². The SMILES string of the molecule is CNc1ncc(F)c(NCCCn2nc(C)cc2C)n1. The number of aromatic nitrogens is 4. The van der Waals surface area contributed by atoms with Gasteiger partial charge in [-0.2, -0.15) is 10.1 Å². The van der Waals surface area contributed by atoms with E-state index in [1.807, 2.05) is 24.6 Å². The van der Waals surface area contributed by atoms with Crippen LogP contribution >= 0.6 is 0 Å². The van der Waals surface area contributed by atoms with E-state index < -0.39 is 5.82 Å². The molecule has 0 bridgehead atoms. The first-order chi connectivity index (χ1) is 9.60. The Balaban J connectivity index is 1.85. The minimum atomic E-state index is -0.449. The van der Waals surface area contributed by atoms with Crippen LogP contribution in [0.3, 0.4) is 0 Å². The molecule has 0 radical (unpaired) electrons. The highest BCUT2D eigenvalue weighted by molar-refractivity contribution is 5.40. The lowest BCUT2D eigenvalue weighted by molar-refractivity contribution is 0.570. The van der Waals surface area contributed by atoms with Gasteiger partial charge in [-0.15, -0.1) is 0 Å². The molecule has 0 saturated carbocycles. The van der Waals surface area contributed by atoms with E-state index >= 15 is 0 Å². The van der Waals surface area contributed by atoms with E-state index in [-0.39, 0.29) is 5.82 Å². The minimum Gasteiger partial charge on any atom is -0.367 e. The van der Waals surface area contributed by atoms with Crippen LogP contribution in [0.4, 0.5) is 16.2 Å². The Labute approximate surface area is 117 Å². The van der Waals surface area contributed by atoms with Crippen molar-refractivity contribution >= 4 is 11.8 Å². The number of hydrogen-bond donors (Lipinski definition) is 2. The topological polar surface area (TPSA) is 67.7 Å². The summed E-state index contributed by atoms with van der Waals surface area (Å²) in [5.74, 6) is 0.167. The van der Waals surface area contributed by atoms with E-state index in [0.717, 1.165) is 30.6 Å². The van der Waals surface area contributed by atoms with Crippen LogP contribution in [-0.2, 0) is 6.54 Å². The van der Waals surface area contributed by atoms with Gasteiger partial charge in [-0.3, -0.25) is 4.68 Å². The van der Waals surface area contributed by atoms with Gasteiger partial charge >= 0.3 is 0 Å². The minimum absolute atomic E-state index is 0.220. The van der Waals surface area contributed by atoms with Gasteiger partial charge in [0.05, 0.1) is 11.9 Å². The van der Waals surface area contributed by atoms with Gasteiger partial charge in [-0.05, 0) is 26.3 Å². The highest BCUT2D eigenvalue weighted by Crippen LogP contribution is 2.11. The number of anilines is 2. The number of aryl methyl sites for hydroxylation is 3. The molecule has 0 aliphatic carbocycles. The molecule has 0 amide bonds. The molecule has 2 heterocycles. The van der Waals surface area contributed by atoms with E-state index in [1.165, 1.54) is 0 Å². The first-order valence-electron chi connectivity index (χ1n) is 6.55. The van der Waals surface area contributed by atoms with Gasteiger partial charge in [-0.25, -0.2) is 9.37 Å². The second-order valence-electron chi connectivity index (χ2n) is 4.57. The number of halogens is 1. The van der Waals surface area contributed by atoms with Crippen LogP contribution in [0.1, 0.15) is 17.8 Å². The molecule has 0 atom stereocenters. The molecule has 0 aliphatic rings. The fourth-order valence-corrected chi connectivity index (χ4v) is 1.95. The van der Waals surface area contributed by atoms with Gasteiger partial charge < -0.3 is 10.6 Å². The molecule has 2 rings (SSSR count). The van der Waals surface area contributed by atoms with Crippen molar-refractivity contribution in [3.63, 3.8) is 0 Å². The molecule has 0 saturated heterocycles. The second kappa shape index (κ2) is 6.31. The van der Waals surface area contributed by atoms with Crippen molar-refractivity contribution in [2.24, 2.45) is 0 Å². The highest BCUT2D eigenvalue weighted by Gasteiger charge is 2.06. The summed E-state index contributed by atoms with van der Waals surface area (Å²) in [5, 5.41) is 10.1. The Morgan fingerprint density at radius 3 is 2.80 bits per heavy atom. The van der Waals surface area contributed by atoms with Crippen LogP contribution in [0.25, 0.3) is 0 Å². The van der Waals surface area contributed by atoms with Crippen LogP contribution in [0.2, 0.25) is 0 Å². The Morgan fingerprint density at radius 2 is 2.15 bits per heavy atom. The van der Waals surface area contributed by atoms with Gasteiger partial charge in [0, 0.05) is 25.8 Å². The molecule has 2 aromatic rings. The van der Waals surface area contributed by atoms with Crippen LogP contribution in [0.15, 0.2) is 12.3 Å². The molecule has 6 nitrogen and oxygen atoms in total. The standard InChI is InChI=1S/C13H19FN6/c1-9-7-10(2)20(19-9)6-4-5-16-12-11(14)8-17-13(15-3)18-12/h7-8H,4-6H2,1-3H3,(H2,15,16,17,18). The normalized spacial score (nSPS) is 10.6. The average molecular weight is 278 g/mol. The largest absolute Gasteiger partial charge is 0.367 e. The molecule has 0 aromatic carbocycles. The smallest absolute Gasteiger partial charge is 0.224 e. The third-order valence-electron chi connectivity index (χ3n) is 2.91. The van der Waals surface area contributed by atoms with Gasteiger partial charge in [0.15, 0.2) is 11.6 Å². The summed E-state index contributed by atoms with van der Waals surface area (Å²) in [6, 6.07) is 2.04. The fourth-order valence-electron chi connectivity index (χ4n) is 1.95. The van der Waals surface area contributed by atoms with Gasteiger partial charge in [0.2, 0.25) is 5.95 Å². The van der Waals surface area contributed by atoms with E-state index in [4.69, 9.17) is 0 Å². The number of nitrogens with zero attached hydrogens (tertiary/aromatic N) is 4. The summed E-state index contributed by atoms with van der Waals surface area (Å²) < 4.78 is 15.4. The highest BCUT2D eigenvalue weighted by atomic mass is 19.1.